The summed E-state index contributed by atoms with van der Waals surface area (Å²) in [6.45, 7) is 8.91. The first-order valence-corrected chi connectivity index (χ1v) is 9.36. The fourth-order valence-corrected chi connectivity index (χ4v) is 3.67. The number of Topliss-reactive ketones (excluding diaryl/α,β-unsaturated/α-hetero) is 1. The molecule has 128 valence electrons. The van der Waals surface area contributed by atoms with Crippen LogP contribution < -0.4 is 4.57 Å². The average Bonchev–Trinajstić information content (AvgIpc) is 2.94. The largest absolute Gasteiger partial charge is 0.758 e. The first-order valence-electron chi connectivity index (χ1n) is 7.76. The summed E-state index contributed by atoms with van der Waals surface area (Å²) in [6, 6.07) is 6.89. The highest BCUT2D eigenvalue weighted by atomic mass is 35.5. The normalized spacial score (nSPS) is 13.8. The van der Waals surface area contributed by atoms with Crippen LogP contribution in [0.3, 0.4) is 0 Å². The lowest BCUT2D eigenvalue weighted by Gasteiger charge is -2.20. The first-order chi connectivity index (χ1) is 11.2. The Labute approximate surface area is 157 Å². The molecule has 0 fully saturated rings. The SMILES string of the molecule is CCN=C([S-])C(C(=O)c1ccc(Cl)s1)[n+]1ccc(C(C)(C)C)cc1. The number of carbonyl (C=O) groups is 1. The van der Waals surface area contributed by atoms with E-state index in [0.29, 0.717) is 20.8 Å². The molecule has 0 bridgehead atoms. The quantitative estimate of drug-likeness (QED) is 0.253. The lowest BCUT2D eigenvalue weighted by Crippen LogP contribution is -2.47. The molecule has 0 aliphatic rings. The molecule has 2 rings (SSSR count). The minimum absolute atomic E-state index is 0.0498. The molecule has 0 N–H and O–H groups in total. The van der Waals surface area contributed by atoms with Gasteiger partial charge in [0.05, 0.1) is 9.21 Å². The second kappa shape index (κ2) is 7.72. The highest BCUT2D eigenvalue weighted by Crippen LogP contribution is 2.25. The van der Waals surface area contributed by atoms with Gasteiger partial charge in [-0.1, -0.05) is 32.4 Å². The molecular formula is C18H21ClN2OS2. The number of aliphatic imine (C=N–C) groups is 1. The first kappa shape index (κ1) is 19.0. The molecule has 0 saturated heterocycles. The van der Waals surface area contributed by atoms with Gasteiger partial charge in [-0.05, 0) is 35.1 Å². The van der Waals surface area contributed by atoms with Crippen molar-refractivity contribution in [2.75, 3.05) is 6.54 Å². The number of rotatable bonds is 5. The maximum Gasteiger partial charge on any atom is 0.244 e. The van der Waals surface area contributed by atoms with Gasteiger partial charge in [0.15, 0.2) is 12.4 Å². The van der Waals surface area contributed by atoms with Crippen LogP contribution in [-0.4, -0.2) is 17.4 Å². The summed E-state index contributed by atoms with van der Waals surface area (Å²) in [5, 5.41) is 0.389. The van der Waals surface area contributed by atoms with Crippen molar-refractivity contribution in [3.63, 3.8) is 0 Å². The Balaban J connectivity index is 2.43. The van der Waals surface area contributed by atoms with Crippen LogP contribution in [0.25, 0.3) is 0 Å². The van der Waals surface area contributed by atoms with E-state index >= 15 is 0 Å². The molecule has 2 aromatic heterocycles. The number of aromatic nitrogens is 1. The van der Waals surface area contributed by atoms with Gasteiger partial charge in [0.1, 0.15) is 0 Å². The molecule has 0 spiro atoms. The van der Waals surface area contributed by atoms with Gasteiger partial charge in [0.25, 0.3) is 0 Å². The van der Waals surface area contributed by atoms with Gasteiger partial charge >= 0.3 is 0 Å². The number of halogens is 1. The van der Waals surface area contributed by atoms with Crippen LogP contribution in [0.4, 0.5) is 0 Å². The van der Waals surface area contributed by atoms with Gasteiger partial charge < -0.3 is 17.6 Å². The van der Waals surface area contributed by atoms with Crippen molar-refractivity contribution in [2.45, 2.75) is 39.2 Å². The summed E-state index contributed by atoms with van der Waals surface area (Å²) < 4.78 is 2.41. The smallest absolute Gasteiger partial charge is 0.244 e. The minimum atomic E-state index is -0.622. The maximum atomic E-state index is 12.9. The van der Waals surface area contributed by atoms with E-state index in [9.17, 15) is 4.79 Å². The molecule has 1 atom stereocenters. The molecule has 3 nitrogen and oxygen atoms in total. The van der Waals surface area contributed by atoms with E-state index in [2.05, 4.69) is 25.8 Å². The van der Waals surface area contributed by atoms with Crippen LogP contribution in [0.1, 0.15) is 49.0 Å². The van der Waals surface area contributed by atoms with Crippen LogP contribution in [0.2, 0.25) is 4.34 Å². The van der Waals surface area contributed by atoms with Crippen LogP contribution in [0, 0.1) is 0 Å². The van der Waals surface area contributed by atoms with Gasteiger partial charge in [0.2, 0.25) is 11.8 Å². The molecule has 0 aliphatic carbocycles. The molecule has 2 heterocycles. The van der Waals surface area contributed by atoms with Gasteiger partial charge in [-0.15, -0.1) is 11.3 Å². The van der Waals surface area contributed by atoms with Gasteiger partial charge in [-0.3, -0.25) is 4.79 Å². The molecule has 0 saturated carbocycles. The molecule has 6 heteroatoms. The third-order valence-corrected chi connectivity index (χ3v) is 5.23. The van der Waals surface area contributed by atoms with Crippen LogP contribution >= 0.6 is 22.9 Å². The van der Waals surface area contributed by atoms with Crippen LogP contribution in [0.15, 0.2) is 41.7 Å². The maximum absolute atomic E-state index is 12.9. The van der Waals surface area contributed by atoms with E-state index in [4.69, 9.17) is 24.2 Å². The predicted octanol–water partition coefficient (Wildman–Crippen LogP) is 4.38. The molecule has 0 aromatic carbocycles. The number of thiophene rings is 1. The Morgan fingerprint density at radius 2 is 1.92 bits per heavy atom. The van der Waals surface area contributed by atoms with Crippen molar-refractivity contribution in [1.82, 2.24) is 0 Å². The fourth-order valence-electron chi connectivity index (χ4n) is 2.31. The Morgan fingerprint density at radius 3 is 2.38 bits per heavy atom. The number of ketones is 1. The van der Waals surface area contributed by atoms with E-state index < -0.39 is 6.04 Å². The molecule has 24 heavy (non-hydrogen) atoms. The summed E-state index contributed by atoms with van der Waals surface area (Å²) >= 11 is 12.6. The lowest BCUT2D eigenvalue weighted by atomic mass is 9.88. The van der Waals surface area contributed by atoms with Gasteiger partial charge in [-0.2, -0.15) is 4.57 Å². The molecule has 2 aromatic rings. The summed E-state index contributed by atoms with van der Waals surface area (Å²) in [4.78, 5) is 17.8. The third kappa shape index (κ3) is 4.41. The van der Waals surface area contributed by atoms with Crippen LogP contribution in [0.5, 0.6) is 0 Å². The molecule has 0 radical (unpaired) electrons. The zero-order valence-corrected chi connectivity index (χ0v) is 16.6. The minimum Gasteiger partial charge on any atom is -0.758 e. The summed E-state index contributed by atoms with van der Waals surface area (Å²) in [5.74, 6) is -0.0809. The predicted molar refractivity (Wildman–Crippen MR) is 103 cm³/mol. The summed E-state index contributed by atoms with van der Waals surface area (Å²) in [7, 11) is 0. The number of nitrogens with zero attached hydrogens (tertiary/aromatic N) is 2. The Kier molecular flexibility index (Phi) is 6.12. The van der Waals surface area contributed by atoms with Crippen molar-refractivity contribution in [3.8, 4) is 0 Å². The Bertz CT molecular complexity index is 745. The second-order valence-electron chi connectivity index (χ2n) is 6.47. The molecule has 1 unspecified atom stereocenters. The van der Waals surface area contributed by atoms with Gasteiger partial charge in [-0.25, -0.2) is 0 Å². The lowest BCUT2D eigenvalue weighted by molar-refractivity contribution is -0.692. The van der Waals surface area contributed by atoms with E-state index in [0.717, 1.165) is 0 Å². The van der Waals surface area contributed by atoms with Crippen molar-refractivity contribution in [3.05, 3.63) is 51.4 Å². The van der Waals surface area contributed by atoms with Crippen molar-refractivity contribution < 1.29 is 9.36 Å². The van der Waals surface area contributed by atoms with Crippen LogP contribution in [-0.2, 0) is 18.0 Å². The zero-order chi connectivity index (χ0) is 17.9. The third-order valence-electron chi connectivity index (χ3n) is 3.63. The molecular weight excluding hydrogens is 360 g/mol. The Hall–Kier alpha value is -1.30. The number of hydrogen-bond acceptors (Lipinski definition) is 4. The fraction of sp³-hybridized carbons (Fsp3) is 0.389. The highest BCUT2D eigenvalue weighted by Gasteiger charge is 2.29. The van der Waals surface area contributed by atoms with Crippen molar-refractivity contribution >= 4 is 46.4 Å². The second-order valence-corrected chi connectivity index (χ2v) is 8.60. The zero-order valence-electron chi connectivity index (χ0n) is 14.2. The summed E-state index contributed by atoms with van der Waals surface area (Å²) in [5.41, 5.74) is 1.25. The molecule has 0 amide bonds. The van der Waals surface area contributed by atoms with E-state index in [1.807, 2.05) is 36.0 Å². The van der Waals surface area contributed by atoms with Crippen molar-refractivity contribution in [2.24, 2.45) is 4.99 Å². The van der Waals surface area contributed by atoms with E-state index in [1.165, 1.54) is 16.9 Å². The monoisotopic (exact) mass is 380 g/mol. The van der Waals surface area contributed by atoms with E-state index in [-0.39, 0.29) is 11.2 Å². The standard InChI is InChI=1S/C18H21ClN2OS2/c1-5-20-17(23)15(16(22)13-6-7-14(19)24-13)21-10-8-12(9-11-21)18(2,3)4/h6-11,15H,5H2,1-4H3. The summed E-state index contributed by atoms with van der Waals surface area (Å²) in [6.07, 6.45) is 3.80. The Morgan fingerprint density at radius 1 is 1.29 bits per heavy atom. The van der Waals surface area contributed by atoms with E-state index in [1.54, 1.807) is 12.1 Å². The number of hydrogen-bond donors (Lipinski definition) is 0. The van der Waals surface area contributed by atoms with Gasteiger partial charge in [0, 0.05) is 18.7 Å². The molecule has 0 aliphatic heterocycles. The van der Waals surface area contributed by atoms with Crippen molar-refractivity contribution in [1.29, 1.82) is 0 Å². The highest BCUT2D eigenvalue weighted by molar-refractivity contribution is 7.77. The number of carbonyl (C=O) groups excluding carboxylic acids is 1. The topological polar surface area (TPSA) is 33.3 Å². The number of pyridine rings is 1. The average molecular weight is 381 g/mol.